The number of carbonyl (C=O) groups is 1. The summed E-state index contributed by atoms with van der Waals surface area (Å²) in [4.78, 5) is 27.7. The SMILES string of the molecule is O=C([O-])c1ccccc1-n1cnc2ccccc2c1=O. The molecule has 0 spiro atoms. The lowest BCUT2D eigenvalue weighted by Crippen LogP contribution is -2.27. The van der Waals surface area contributed by atoms with Crippen molar-refractivity contribution in [1.29, 1.82) is 0 Å². The molecular formula is C15H9N2O3-. The van der Waals surface area contributed by atoms with Crippen molar-refractivity contribution >= 4 is 16.9 Å². The number of carbonyl (C=O) groups excluding carboxylic acids is 1. The van der Waals surface area contributed by atoms with Crippen LogP contribution < -0.4 is 10.7 Å². The number of nitrogens with zero attached hydrogens (tertiary/aromatic N) is 2. The van der Waals surface area contributed by atoms with E-state index in [1.165, 1.54) is 17.0 Å². The minimum absolute atomic E-state index is 0.0494. The molecule has 20 heavy (non-hydrogen) atoms. The van der Waals surface area contributed by atoms with E-state index in [0.29, 0.717) is 10.9 Å². The van der Waals surface area contributed by atoms with Crippen molar-refractivity contribution in [3.8, 4) is 5.69 Å². The van der Waals surface area contributed by atoms with Gasteiger partial charge in [-0.2, -0.15) is 0 Å². The molecule has 0 aliphatic rings. The highest BCUT2D eigenvalue weighted by Crippen LogP contribution is 2.13. The topological polar surface area (TPSA) is 75.0 Å². The van der Waals surface area contributed by atoms with Gasteiger partial charge in [-0.25, -0.2) is 4.98 Å². The predicted molar refractivity (Wildman–Crippen MR) is 71.7 cm³/mol. The lowest BCUT2D eigenvalue weighted by atomic mass is 10.1. The minimum Gasteiger partial charge on any atom is -0.545 e. The molecule has 0 aliphatic carbocycles. The van der Waals surface area contributed by atoms with Crippen molar-refractivity contribution in [1.82, 2.24) is 9.55 Å². The Balaban J connectivity index is 2.34. The summed E-state index contributed by atoms with van der Waals surface area (Å²) in [6, 6.07) is 13.1. The van der Waals surface area contributed by atoms with Crippen LogP contribution in [-0.4, -0.2) is 15.5 Å². The van der Waals surface area contributed by atoms with Gasteiger partial charge in [-0.05, 0) is 18.2 Å². The Morgan fingerprint density at radius 1 is 1.05 bits per heavy atom. The van der Waals surface area contributed by atoms with Gasteiger partial charge in [-0.1, -0.05) is 30.3 Å². The van der Waals surface area contributed by atoms with Crippen molar-refractivity contribution in [2.24, 2.45) is 0 Å². The van der Waals surface area contributed by atoms with Crippen molar-refractivity contribution in [2.75, 3.05) is 0 Å². The van der Waals surface area contributed by atoms with Crippen LogP contribution in [-0.2, 0) is 0 Å². The number of carboxylic acid groups (broad SMARTS) is 1. The van der Waals surface area contributed by atoms with Gasteiger partial charge in [0.25, 0.3) is 5.56 Å². The summed E-state index contributed by atoms with van der Waals surface area (Å²) in [6.07, 6.45) is 1.33. The normalized spacial score (nSPS) is 10.6. The van der Waals surface area contributed by atoms with E-state index in [1.807, 2.05) is 0 Å². The number of hydrogen-bond acceptors (Lipinski definition) is 4. The molecule has 3 aromatic rings. The molecule has 1 heterocycles. The zero-order chi connectivity index (χ0) is 14.1. The molecule has 0 bridgehead atoms. The van der Waals surface area contributed by atoms with Crippen LogP contribution in [0.2, 0.25) is 0 Å². The van der Waals surface area contributed by atoms with E-state index in [1.54, 1.807) is 42.5 Å². The van der Waals surface area contributed by atoms with Crippen molar-refractivity contribution in [2.45, 2.75) is 0 Å². The molecule has 98 valence electrons. The van der Waals surface area contributed by atoms with Crippen LogP contribution in [0.3, 0.4) is 0 Å². The summed E-state index contributed by atoms with van der Waals surface area (Å²) in [7, 11) is 0. The predicted octanol–water partition coefficient (Wildman–Crippen LogP) is 0.749. The van der Waals surface area contributed by atoms with Crippen molar-refractivity contribution < 1.29 is 9.90 Å². The van der Waals surface area contributed by atoms with Crippen LogP contribution in [0.25, 0.3) is 16.6 Å². The van der Waals surface area contributed by atoms with Crippen LogP contribution in [0, 0.1) is 0 Å². The molecule has 0 radical (unpaired) electrons. The Morgan fingerprint density at radius 3 is 2.55 bits per heavy atom. The molecule has 0 saturated carbocycles. The van der Waals surface area contributed by atoms with E-state index in [4.69, 9.17) is 0 Å². The summed E-state index contributed by atoms with van der Waals surface area (Å²) in [6.45, 7) is 0. The smallest absolute Gasteiger partial charge is 0.265 e. The van der Waals surface area contributed by atoms with E-state index < -0.39 is 5.97 Å². The first kappa shape index (κ1) is 12.1. The molecule has 0 fully saturated rings. The van der Waals surface area contributed by atoms with E-state index >= 15 is 0 Å². The Morgan fingerprint density at radius 2 is 1.75 bits per heavy atom. The second kappa shape index (κ2) is 4.62. The maximum absolute atomic E-state index is 12.4. The largest absolute Gasteiger partial charge is 0.545 e. The Bertz CT molecular complexity index is 868. The second-order valence-electron chi connectivity index (χ2n) is 4.24. The third-order valence-corrected chi connectivity index (χ3v) is 3.05. The monoisotopic (exact) mass is 265 g/mol. The molecule has 0 unspecified atom stereocenters. The fourth-order valence-corrected chi connectivity index (χ4v) is 2.10. The molecule has 1 aromatic heterocycles. The number of para-hydroxylation sites is 2. The van der Waals surface area contributed by atoms with E-state index in [-0.39, 0.29) is 16.8 Å². The van der Waals surface area contributed by atoms with E-state index in [9.17, 15) is 14.7 Å². The van der Waals surface area contributed by atoms with Gasteiger partial charge in [0.1, 0.15) is 6.33 Å². The van der Waals surface area contributed by atoms with Gasteiger partial charge in [0.05, 0.1) is 22.6 Å². The highest BCUT2D eigenvalue weighted by Gasteiger charge is 2.09. The number of fused-ring (bicyclic) bond motifs is 1. The molecular weight excluding hydrogens is 256 g/mol. The van der Waals surface area contributed by atoms with Crippen LogP contribution in [0.1, 0.15) is 10.4 Å². The highest BCUT2D eigenvalue weighted by molar-refractivity contribution is 5.90. The average molecular weight is 265 g/mol. The Hall–Kier alpha value is -2.95. The molecule has 0 atom stereocenters. The first-order valence-corrected chi connectivity index (χ1v) is 5.95. The second-order valence-corrected chi connectivity index (χ2v) is 4.24. The van der Waals surface area contributed by atoms with E-state index in [2.05, 4.69) is 4.98 Å². The van der Waals surface area contributed by atoms with Crippen molar-refractivity contribution in [3.05, 3.63) is 70.8 Å². The van der Waals surface area contributed by atoms with Gasteiger partial charge in [0.15, 0.2) is 0 Å². The molecule has 5 heteroatoms. The highest BCUT2D eigenvalue weighted by atomic mass is 16.4. The summed E-state index contributed by atoms with van der Waals surface area (Å²) in [5.74, 6) is -1.33. The first-order valence-electron chi connectivity index (χ1n) is 5.95. The molecule has 5 nitrogen and oxygen atoms in total. The lowest BCUT2D eigenvalue weighted by Gasteiger charge is -2.12. The maximum Gasteiger partial charge on any atom is 0.265 e. The fourth-order valence-electron chi connectivity index (χ4n) is 2.10. The summed E-state index contributed by atoms with van der Waals surface area (Å²) >= 11 is 0. The molecule has 2 aromatic carbocycles. The summed E-state index contributed by atoms with van der Waals surface area (Å²) in [5.41, 5.74) is 0.450. The summed E-state index contributed by atoms with van der Waals surface area (Å²) < 4.78 is 1.22. The van der Waals surface area contributed by atoms with Crippen LogP contribution in [0.15, 0.2) is 59.7 Å². The van der Waals surface area contributed by atoms with Crippen LogP contribution >= 0.6 is 0 Å². The number of rotatable bonds is 2. The van der Waals surface area contributed by atoms with Gasteiger partial charge >= 0.3 is 0 Å². The Kier molecular flexibility index (Phi) is 2.80. The molecule has 0 amide bonds. The average Bonchev–Trinajstić information content (AvgIpc) is 2.48. The third-order valence-electron chi connectivity index (χ3n) is 3.05. The minimum atomic E-state index is -1.33. The number of carboxylic acids is 1. The standard InChI is InChI=1S/C15H10N2O3/c18-14-10-5-1-3-7-12(10)16-9-17(14)13-8-4-2-6-11(13)15(19)20/h1-9H,(H,19,20)/p-1. The number of aromatic nitrogens is 2. The Labute approximate surface area is 113 Å². The molecule has 0 aliphatic heterocycles. The number of aromatic carboxylic acids is 1. The first-order chi connectivity index (χ1) is 9.68. The quantitative estimate of drug-likeness (QED) is 0.685. The van der Waals surface area contributed by atoms with Gasteiger partial charge in [-0.15, -0.1) is 0 Å². The van der Waals surface area contributed by atoms with Crippen LogP contribution in [0.5, 0.6) is 0 Å². The van der Waals surface area contributed by atoms with Gasteiger partial charge < -0.3 is 9.90 Å². The fraction of sp³-hybridized carbons (Fsp3) is 0. The molecule has 0 saturated heterocycles. The summed E-state index contributed by atoms with van der Waals surface area (Å²) in [5, 5.41) is 11.6. The number of hydrogen-bond donors (Lipinski definition) is 0. The van der Waals surface area contributed by atoms with Gasteiger partial charge in [0, 0.05) is 5.56 Å². The van der Waals surface area contributed by atoms with E-state index in [0.717, 1.165) is 0 Å². The third kappa shape index (κ3) is 1.85. The van der Waals surface area contributed by atoms with Crippen LogP contribution in [0.4, 0.5) is 0 Å². The van der Waals surface area contributed by atoms with Crippen molar-refractivity contribution in [3.63, 3.8) is 0 Å². The maximum atomic E-state index is 12.4. The number of benzene rings is 2. The zero-order valence-electron chi connectivity index (χ0n) is 10.3. The zero-order valence-corrected chi connectivity index (χ0v) is 10.3. The van der Waals surface area contributed by atoms with Gasteiger partial charge in [-0.3, -0.25) is 9.36 Å². The molecule has 0 N–H and O–H groups in total. The lowest BCUT2D eigenvalue weighted by molar-refractivity contribution is -0.255. The molecule has 3 rings (SSSR count). The van der Waals surface area contributed by atoms with Gasteiger partial charge in [0.2, 0.25) is 0 Å².